The second-order valence-corrected chi connectivity index (χ2v) is 4.69. The number of hydrogen-bond donors (Lipinski definition) is 3. The SMILES string of the molecule is CC(C)N(CC(N)=NO)C(=O)Nc1ccc(Cl)cc1. The van der Waals surface area contributed by atoms with E-state index in [0.29, 0.717) is 10.7 Å². The Balaban J connectivity index is 2.74. The molecule has 0 aliphatic carbocycles. The summed E-state index contributed by atoms with van der Waals surface area (Å²) in [6, 6.07) is 6.34. The third-order valence-corrected chi connectivity index (χ3v) is 2.69. The van der Waals surface area contributed by atoms with Gasteiger partial charge in [-0.05, 0) is 38.1 Å². The highest BCUT2D eigenvalue weighted by atomic mass is 35.5. The fourth-order valence-electron chi connectivity index (χ4n) is 1.42. The van der Waals surface area contributed by atoms with Crippen molar-refractivity contribution in [1.82, 2.24) is 4.90 Å². The number of nitrogens with one attached hydrogen (secondary N) is 1. The van der Waals surface area contributed by atoms with Crippen molar-refractivity contribution in [3.05, 3.63) is 29.3 Å². The molecule has 1 aromatic rings. The number of hydrogen-bond acceptors (Lipinski definition) is 3. The monoisotopic (exact) mass is 284 g/mol. The molecule has 1 aromatic carbocycles. The van der Waals surface area contributed by atoms with Crippen LogP contribution in [0.15, 0.2) is 29.4 Å². The smallest absolute Gasteiger partial charge is 0.322 e. The maximum Gasteiger partial charge on any atom is 0.322 e. The van der Waals surface area contributed by atoms with Crippen LogP contribution >= 0.6 is 11.6 Å². The molecule has 0 aliphatic rings. The topological polar surface area (TPSA) is 90.9 Å². The van der Waals surface area contributed by atoms with E-state index in [1.54, 1.807) is 24.3 Å². The maximum absolute atomic E-state index is 12.1. The Kier molecular flexibility index (Phi) is 5.44. The molecule has 19 heavy (non-hydrogen) atoms. The number of amidine groups is 1. The summed E-state index contributed by atoms with van der Waals surface area (Å²) in [4.78, 5) is 13.5. The Hall–Kier alpha value is -1.95. The molecule has 0 saturated carbocycles. The first kappa shape index (κ1) is 15.1. The molecular weight excluding hydrogens is 268 g/mol. The van der Waals surface area contributed by atoms with Crippen LogP contribution < -0.4 is 11.1 Å². The summed E-state index contributed by atoms with van der Waals surface area (Å²) in [5, 5.41) is 14.7. The second kappa shape index (κ2) is 6.84. The first-order chi connectivity index (χ1) is 8.93. The summed E-state index contributed by atoms with van der Waals surface area (Å²) < 4.78 is 0. The number of urea groups is 1. The average molecular weight is 285 g/mol. The summed E-state index contributed by atoms with van der Waals surface area (Å²) >= 11 is 5.77. The van der Waals surface area contributed by atoms with Gasteiger partial charge in [-0.15, -0.1) is 0 Å². The summed E-state index contributed by atoms with van der Waals surface area (Å²) in [7, 11) is 0. The molecular formula is C12H17ClN4O2. The normalized spacial score (nSPS) is 11.5. The van der Waals surface area contributed by atoms with Crippen LogP contribution in [0.25, 0.3) is 0 Å². The molecule has 2 amide bonds. The lowest BCUT2D eigenvalue weighted by molar-refractivity contribution is 0.205. The molecule has 0 heterocycles. The zero-order chi connectivity index (χ0) is 14.4. The van der Waals surface area contributed by atoms with Crippen LogP contribution in [0.3, 0.4) is 0 Å². The van der Waals surface area contributed by atoms with E-state index in [1.165, 1.54) is 4.90 Å². The van der Waals surface area contributed by atoms with E-state index in [2.05, 4.69) is 10.5 Å². The highest BCUT2D eigenvalue weighted by Crippen LogP contribution is 2.14. The van der Waals surface area contributed by atoms with Crippen molar-refractivity contribution in [3.8, 4) is 0 Å². The molecule has 1 rings (SSSR count). The molecule has 0 fully saturated rings. The maximum atomic E-state index is 12.1. The third kappa shape index (κ3) is 4.67. The predicted molar refractivity (Wildman–Crippen MR) is 75.7 cm³/mol. The van der Waals surface area contributed by atoms with Gasteiger partial charge in [-0.3, -0.25) is 0 Å². The summed E-state index contributed by atoms with van der Waals surface area (Å²) in [5.41, 5.74) is 6.05. The molecule has 0 aliphatic heterocycles. The molecule has 0 saturated heterocycles. The molecule has 0 spiro atoms. The summed E-state index contributed by atoms with van der Waals surface area (Å²) in [5.74, 6) is -0.0278. The first-order valence-electron chi connectivity index (χ1n) is 5.73. The van der Waals surface area contributed by atoms with Crippen molar-refractivity contribution in [2.24, 2.45) is 10.9 Å². The van der Waals surface area contributed by atoms with Gasteiger partial charge in [-0.1, -0.05) is 16.8 Å². The molecule has 0 bridgehead atoms. The minimum absolute atomic E-state index is 0.0278. The van der Waals surface area contributed by atoms with Gasteiger partial charge in [0.15, 0.2) is 5.84 Å². The number of carbonyl (C=O) groups excluding carboxylic acids is 1. The molecule has 7 heteroatoms. The standard InChI is InChI=1S/C12H17ClN4O2/c1-8(2)17(7-11(14)16-19)12(18)15-10-5-3-9(13)4-6-10/h3-6,8,19H,7H2,1-2H3,(H2,14,16)(H,15,18). The Morgan fingerprint density at radius 1 is 1.47 bits per heavy atom. The summed E-state index contributed by atoms with van der Waals surface area (Å²) in [6.45, 7) is 3.73. The van der Waals surface area contributed by atoms with Gasteiger partial charge in [-0.2, -0.15) is 0 Å². The van der Waals surface area contributed by atoms with Crippen LogP contribution in [0.1, 0.15) is 13.8 Å². The van der Waals surface area contributed by atoms with Crippen LogP contribution in [0.5, 0.6) is 0 Å². The largest absolute Gasteiger partial charge is 0.409 e. The number of benzene rings is 1. The minimum atomic E-state index is -0.330. The number of rotatable bonds is 4. The van der Waals surface area contributed by atoms with Gasteiger partial charge in [0.05, 0.1) is 6.54 Å². The third-order valence-electron chi connectivity index (χ3n) is 2.44. The molecule has 104 valence electrons. The van der Waals surface area contributed by atoms with Gasteiger partial charge in [-0.25, -0.2) is 4.79 Å². The second-order valence-electron chi connectivity index (χ2n) is 4.25. The van der Waals surface area contributed by atoms with Crippen molar-refractivity contribution >= 4 is 29.2 Å². The fraction of sp³-hybridized carbons (Fsp3) is 0.333. The van der Waals surface area contributed by atoms with E-state index in [4.69, 9.17) is 22.5 Å². The number of nitrogens with two attached hydrogens (primary N) is 1. The number of nitrogens with zero attached hydrogens (tertiary/aromatic N) is 2. The molecule has 6 nitrogen and oxygen atoms in total. The van der Waals surface area contributed by atoms with Crippen LogP contribution in [-0.4, -0.2) is 34.6 Å². The minimum Gasteiger partial charge on any atom is -0.409 e. The van der Waals surface area contributed by atoms with E-state index < -0.39 is 0 Å². The molecule has 0 atom stereocenters. The average Bonchev–Trinajstić information content (AvgIpc) is 2.37. The number of oxime groups is 1. The Morgan fingerprint density at radius 2 is 2.05 bits per heavy atom. The van der Waals surface area contributed by atoms with Crippen LogP contribution in [0.2, 0.25) is 5.02 Å². The van der Waals surface area contributed by atoms with E-state index in [0.717, 1.165) is 0 Å². The van der Waals surface area contributed by atoms with Crippen molar-refractivity contribution in [2.45, 2.75) is 19.9 Å². The van der Waals surface area contributed by atoms with Gasteiger partial charge < -0.3 is 21.2 Å². The van der Waals surface area contributed by atoms with E-state index in [-0.39, 0.29) is 24.5 Å². The Labute approximate surface area is 116 Å². The lowest BCUT2D eigenvalue weighted by Crippen LogP contribution is -2.45. The van der Waals surface area contributed by atoms with Gasteiger partial charge in [0.1, 0.15) is 0 Å². The molecule has 0 aromatic heterocycles. The lowest BCUT2D eigenvalue weighted by atomic mass is 10.3. The number of anilines is 1. The van der Waals surface area contributed by atoms with Gasteiger partial charge in [0.25, 0.3) is 0 Å². The number of halogens is 1. The number of amides is 2. The van der Waals surface area contributed by atoms with Gasteiger partial charge in [0.2, 0.25) is 0 Å². The Morgan fingerprint density at radius 3 is 2.53 bits per heavy atom. The highest BCUT2D eigenvalue weighted by molar-refractivity contribution is 6.30. The zero-order valence-corrected chi connectivity index (χ0v) is 11.6. The van der Waals surface area contributed by atoms with Gasteiger partial charge in [0, 0.05) is 16.8 Å². The first-order valence-corrected chi connectivity index (χ1v) is 6.11. The predicted octanol–water partition coefficient (Wildman–Crippen LogP) is 2.33. The summed E-state index contributed by atoms with van der Waals surface area (Å²) in [6.07, 6.45) is 0. The van der Waals surface area contributed by atoms with E-state index >= 15 is 0 Å². The highest BCUT2D eigenvalue weighted by Gasteiger charge is 2.18. The zero-order valence-electron chi connectivity index (χ0n) is 10.8. The molecule has 4 N–H and O–H groups in total. The number of carbonyl (C=O) groups is 1. The van der Waals surface area contributed by atoms with Crippen LogP contribution in [-0.2, 0) is 0 Å². The quantitative estimate of drug-likeness (QED) is 0.343. The van der Waals surface area contributed by atoms with Crippen molar-refractivity contribution < 1.29 is 10.0 Å². The van der Waals surface area contributed by atoms with Crippen molar-refractivity contribution in [2.75, 3.05) is 11.9 Å². The van der Waals surface area contributed by atoms with Crippen molar-refractivity contribution in [3.63, 3.8) is 0 Å². The lowest BCUT2D eigenvalue weighted by Gasteiger charge is -2.26. The Bertz CT molecular complexity index is 459. The van der Waals surface area contributed by atoms with Crippen LogP contribution in [0, 0.1) is 0 Å². The molecule has 0 unspecified atom stereocenters. The molecule has 0 radical (unpaired) electrons. The van der Waals surface area contributed by atoms with E-state index in [9.17, 15) is 4.79 Å². The van der Waals surface area contributed by atoms with Crippen LogP contribution in [0.4, 0.5) is 10.5 Å². The fourth-order valence-corrected chi connectivity index (χ4v) is 1.55. The van der Waals surface area contributed by atoms with Crippen molar-refractivity contribution in [1.29, 1.82) is 0 Å². The van der Waals surface area contributed by atoms with Gasteiger partial charge >= 0.3 is 6.03 Å². The van der Waals surface area contributed by atoms with E-state index in [1.807, 2.05) is 13.8 Å².